The zero-order chi connectivity index (χ0) is 28.7. The van der Waals surface area contributed by atoms with E-state index in [0.29, 0.717) is 31.7 Å². The molecule has 5 rings (SSSR count). The van der Waals surface area contributed by atoms with Crippen LogP contribution in [0.1, 0.15) is 90.3 Å². The maximum Gasteiger partial charge on any atom is 0.410 e. The number of aromatic nitrogens is 2. The van der Waals surface area contributed by atoms with Crippen LogP contribution in [0.15, 0.2) is 16.7 Å². The monoisotopic (exact) mass is 622 g/mol. The Morgan fingerprint density at radius 3 is 2.83 bits per heavy atom. The number of carbonyl (C=O) groups is 2. The van der Waals surface area contributed by atoms with Crippen LogP contribution in [0.3, 0.4) is 0 Å². The number of amides is 2. The predicted octanol–water partition coefficient (Wildman–Crippen LogP) is 6.65. The van der Waals surface area contributed by atoms with Crippen LogP contribution in [-0.4, -0.2) is 64.3 Å². The second-order valence-electron chi connectivity index (χ2n) is 12.6. The molecule has 4 atom stereocenters. The summed E-state index contributed by atoms with van der Waals surface area (Å²) in [5, 5.41) is 8.35. The number of hydrogen-bond acceptors (Lipinski definition) is 6. The number of halogens is 2. The molecule has 1 aromatic carbocycles. The number of ether oxygens (including phenoxy) is 3. The lowest BCUT2D eigenvalue weighted by atomic mass is 9.91. The molecule has 3 heterocycles. The number of carbonyl (C=O) groups excluding carboxylic acids is 2. The molecule has 0 bridgehead atoms. The normalized spacial score (nSPS) is 26.9. The molecular formula is C29H40BrFN4O5. The van der Waals surface area contributed by atoms with E-state index >= 15 is 4.39 Å². The smallest absolute Gasteiger partial charge is 0.410 e. The van der Waals surface area contributed by atoms with Crippen LogP contribution >= 0.6 is 15.9 Å². The van der Waals surface area contributed by atoms with Crippen LogP contribution in [0.5, 0.6) is 0 Å². The number of nitrogens with zero attached hydrogens (tertiary/aromatic N) is 3. The van der Waals surface area contributed by atoms with E-state index in [-0.39, 0.29) is 36.6 Å². The van der Waals surface area contributed by atoms with E-state index in [2.05, 4.69) is 26.3 Å². The average molecular weight is 624 g/mol. The van der Waals surface area contributed by atoms with E-state index in [1.807, 2.05) is 27.7 Å². The molecule has 2 aromatic rings. The number of benzene rings is 1. The van der Waals surface area contributed by atoms with E-state index in [1.54, 1.807) is 21.8 Å². The standard InChI is InChI=1S/C29H40BrFN4O5/c1-28(2,3)40-27(37)34-11-7-10-29(4,17-34)33-26(36)39-13-9-18-14-19(18)24-21(31)15-22-20(25(24)30)16-32-35(22)23-8-5-6-12-38-23/h15-16,18-19,23H,5-14,17H2,1-4H3,(H,33,36)/t18-,19+,23?,29+/m0/s1. The summed E-state index contributed by atoms with van der Waals surface area (Å²) in [5.74, 6) is 0.0570. The molecule has 220 valence electrons. The summed E-state index contributed by atoms with van der Waals surface area (Å²) in [6.45, 7) is 9.32. The zero-order valence-electron chi connectivity index (χ0n) is 23.8. The van der Waals surface area contributed by atoms with Crippen molar-refractivity contribution in [3.8, 4) is 0 Å². The van der Waals surface area contributed by atoms with Crippen LogP contribution in [0.2, 0.25) is 0 Å². The number of piperidine rings is 1. The third-order valence-electron chi connectivity index (χ3n) is 8.02. The molecule has 1 saturated carbocycles. The van der Waals surface area contributed by atoms with Crippen molar-refractivity contribution in [1.29, 1.82) is 0 Å². The predicted molar refractivity (Wildman–Crippen MR) is 152 cm³/mol. The van der Waals surface area contributed by atoms with Crippen molar-refractivity contribution in [3.63, 3.8) is 0 Å². The summed E-state index contributed by atoms with van der Waals surface area (Å²) in [6.07, 6.45) is 6.72. The third-order valence-corrected chi connectivity index (χ3v) is 8.88. The molecule has 11 heteroatoms. The maximum atomic E-state index is 15.4. The van der Waals surface area contributed by atoms with E-state index in [0.717, 1.165) is 53.9 Å². The summed E-state index contributed by atoms with van der Waals surface area (Å²) in [6, 6.07) is 1.57. The first-order valence-corrected chi connectivity index (χ1v) is 15.1. The van der Waals surface area contributed by atoms with E-state index in [4.69, 9.17) is 14.2 Å². The van der Waals surface area contributed by atoms with Crippen molar-refractivity contribution in [1.82, 2.24) is 20.0 Å². The van der Waals surface area contributed by atoms with E-state index < -0.39 is 17.2 Å². The summed E-state index contributed by atoms with van der Waals surface area (Å²) < 4.78 is 34.8. The minimum absolute atomic E-state index is 0.0676. The largest absolute Gasteiger partial charge is 0.450 e. The molecule has 3 aliphatic rings. The quantitative estimate of drug-likeness (QED) is 0.388. The maximum absolute atomic E-state index is 15.4. The third kappa shape index (κ3) is 6.56. The molecule has 1 aliphatic carbocycles. The van der Waals surface area contributed by atoms with Gasteiger partial charge >= 0.3 is 12.2 Å². The first-order chi connectivity index (χ1) is 18.9. The number of likely N-dealkylation sites (tertiary alicyclic amines) is 1. The van der Waals surface area contributed by atoms with Crippen LogP contribution < -0.4 is 5.32 Å². The first kappa shape index (κ1) is 29.1. The average Bonchev–Trinajstić information content (AvgIpc) is 3.49. The van der Waals surface area contributed by atoms with Gasteiger partial charge in [0.1, 0.15) is 11.4 Å². The van der Waals surface area contributed by atoms with Crippen LogP contribution in [-0.2, 0) is 14.2 Å². The van der Waals surface area contributed by atoms with Crippen LogP contribution in [0, 0.1) is 11.7 Å². The molecule has 3 fully saturated rings. The fourth-order valence-corrected chi connectivity index (χ4v) is 6.74. The highest BCUT2D eigenvalue weighted by molar-refractivity contribution is 9.10. The van der Waals surface area contributed by atoms with Crippen molar-refractivity contribution in [2.24, 2.45) is 5.92 Å². The summed E-state index contributed by atoms with van der Waals surface area (Å²) in [5.41, 5.74) is 0.237. The van der Waals surface area contributed by atoms with Gasteiger partial charge < -0.3 is 24.4 Å². The van der Waals surface area contributed by atoms with Gasteiger partial charge in [-0.2, -0.15) is 5.10 Å². The molecule has 2 amide bonds. The van der Waals surface area contributed by atoms with Crippen molar-refractivity contribution < 1.29 is 28.2 Å². The van der Waals surface area contributed by atoms with Gasteiger partial charge in [0.15, 0.2) is 6.23 Å². The fourth-order valence-electron chi connectivity index (χ4n) is 5.95. The number of rotatable bonds is 6. The molecule has 1 aromatic heterocycles. The van der Waals surface area contributed by atoms with E-state index in [1.165, 1.54) is 0 Å². The minimum Gasteiger partial charge on any atom is -0.450 e. The summed E-state index contributed by atoms with van der Waals surface area (Å²) in [4.78, 5) is 26.7. The molecule has 1 N–H and O–H groups in total. The highest BCUT2D eigenvalue weighted by Crippen LogP contribution is 2.53. The van der Waals surface area contributed by atoms with Gasteiger partial charge in [-0.3, -0.25) is 0 Å². The molecule has 0 spiro atoms. The minimum atomic E-state index is -0.592. The van der Waals surface area contributed by atoms with Crippen LogP contribution in [0.4, 0.5) is 14.0 Å². The Morgan fingerprint density at radius 1 is 1.30 bits per heavy atom. The number of nitrogens with one attached hydrogen (secondary N) is 1. The second kappa shape index (κ2) is 11.5. The van der Waals surface area contributed by atoms with Gasteiger partial charge in [-0.25, -0.2) is 18.7 Å². The first-order valence-electron chi connectivity index (χ1n) is 14.3. The fraction of sp³-hybridized carbons (Fsp3) is 0.690. The van der Waals surface area contributed by atoms with Gasteiger partial charge in [0, 0.05) is 41.2 Å². The summed E-state index contributed by atoms with van der Waals surface area (Å²) >= 11 is 3.66. The Bertz CT molecular complexity index is 1260. The van der Waals surface area contributed by atoms with Crippen LogP contribution in [0.25, 0.3) is 10.9 Å². The molecule has 40 heavy (non-hydrogen) atoms. The van der Waals surface area contributed by atoms with Gasteiger partial charge in [-0.15, -0.1) is 0 Å². The Hall–Kier alpha value is -2.40. The SMILES string of the molecule is CC(C)(C)OC(=O)N1CCC[C@@](C)(NC(=O)OCC[C@H]2C[C@H]2c2c(F)cc3c(cnn3C3CCCCO3)c2Br)C1. The van der Waals surface area contributed by atoms with Crippen molar-refractivity contribution >= 4 is 39.0 Å². The topological polar surface area (TPSA) is 94.9 Å². The number of alkyl carbamates (subject to hydrolysis) is 1. The Morgan fingerprint density at radius 2 is 2.10 bits per heavy atom. The van der Waals surface area contributed by atoms with Crippen molar-refractivity contribution in [3.05, 3.63) is 28.1 Å². The molecule has 9 nitrogen and oxygen atoms in total. The van der Waals surface area contributed by atoms with E-state index in [9.17, 15) is 9.59 Å². The zero-order valence-corrected chi connectivity index (χ0v) is 25.4. The lowest BCUT2D eigenvalue weighted by Crippen LogP contribution is -2.58. The lowest BCUT2D eigenvalue weighted by Gasteiger charge is -2.40. The Kier molecular flexibility index (Phi) is 8.34. The molecular weight excluding hydrogens is 583 g/mol. The molecule has 2 saturated heterocycles. The molecule has 0 radical (unpaired) electrons. The Labute approximate surface area is 243 Å². The van der Waals surface area contributed by atoms with Crippen molar-refractivity contribution in [2.75, 3.05) is 26.3 Å². The highest BCUT2D eigenvalue weighted by atomic mass is 79.9. The van der Waals surface area contributed by atoms with Gasteiger partial charge in [-0.1, -0.05) is 0 Å². The Balaban J connectivity index is 1.12. The number of hydrogen-bond donors (Lipinski definition) is 1. The van der Waals surface area contributed by atoms with Gasteiger partial charge in [-0.05, 0) is 100 Å². The number of fused-ring (bicyclic) bond motifs is 1. The molecule has 1 unspecified atom stereocenters. The van der Waals surface area contributed by atoms with Gasteiger partial charge in [0.25, 0.3) is 0 Å². The van der Waals surface area contributed by atoms with Gasteiger partial charge in [0.2, 0.25) is 0 Å². The van der Waals surface area contributed by atoms with Gasteiger partial charge in [0.05, 0.1) is 23.9 Å². The lowest BCUT2D eigenvalue weighted by molar-refractivity contribution is -0.0367. The van der Waals surface area contributed by atoms with Crippen molar-refractivity contribution in [2.45, 2.75) is 95.9 Å². The highest BCUT2D eigenvalue weighted by Gasteiger charge is 2.42. The second-order valence-corrected chi connectivity index (χ2v) is 13.4. The molecule has 2 aliphatic heterocycles. The summed E-state index contributed by atoms with van der Waals surface area (Å²) in [7, 11) is 0.